The van der Waals surface area contributed by atoms with Crippen molar-refractivity contribution in [3.05, 3.63) is 39.7 Å². The molecule has 1 unspecified atom stereocenters. The van der Waals surface area contributed by atoms with E-state index in [-0.39, 0.29) is 29.5 Å². The van der Waals surface area contributed by atoms with Crippen molar-refractivity contribution in [2.24, 2.45) is 0 Å². The lowest BCUT2D eigenvalue weighted by Gasteiger charge is -2.08. The van der Waals surface area contributed by atoms with Gasteiger partial charge in [0, 0.05) is 31.0 Å². The second kappa shape index (κ2) is 3.88. The standard InChI is InChI=1S/C10H9FN2O3/c11-9-2-1-7(13(15)16)4-8(9)6-3-10(14)12-5-6/h1-2,4,6H,3,5H2,(H,12,14). The van der Waals surface area contributed by atoms with Gasteiger partial charge in [0.1, 0.15) is 5.82 Å². The predicted octanol–water partition coefficient (Wildman–Crippen LogP) is 1.34. The van der Waals surface area contributed by atoms with Crippen molar-refractivity contribution in [3.8, 4) is 0 Å². The molecule has 0 saturated carbocycles. The first kappa shape index (κ1) is 10.5. The van der Waals surface area contributed by atoms with E-state index in [1.807, 2.05) is 0 Å². The van der Waals surface area contributed by atoms with E-state index in [9.17, 15) is 19.3 Å². The summed E-state index contributed by atoms with van der Waals surface area (Å²) in [4.78, 5) is 21.0. The summed E-state index contributed by atoms with van der Waals surface area (Å²) >= 11 is 0. The highest BCUT2D eigenvalue weighted by atomic mass is 19.1. The Labute approximate surface area is 90.4 Å². The maximum absolute atomic E-state index is 13.5. The Hall–Kier alpha value is -1.98. The largest absolute Gasteiger partial charge is 0.355 e. The fourth-order valence-corrected chi connectivity index (χ4v) is 1.78. The number of benzene rings is 1. The van der Waals surface area contributed by atoms with Crippen LogP contribution in [0, 0.1) is 15.9 Å². The van der Waals surface area contributed by atoms with Gasteiger partial charge in [0.2, 0.25) is 5.91 Å². The molecule has 16 heavy (non-hydrogen) atoms. The highest BCUT2D eigenvalue weighted by Crippen LogP contribution is 2.28. The Balaban J connectivity index is 2.35. The Morgan fingerprint density at radius 1 is 1.50 bits per heavy atom. The summed E-state index contributed by atoms with van der Waals surface area (Å²) in [5, 5.41) is 13.1. The number of halogens is 1. The third-order valence-electron chi connectivity index (χ3n) is 2.61. The van der Waals surface area contributed by atoms with E-state index in [4.69, 9.17) is 0 Å². The van der Waals surface area contributed by atoms with E-state index in [2.05, 4.69) is 5.32 Å². The molecule has 1 atom stereocenters. The lowest BCUT2D eigenvalue weighted by atomic mass is 9.97. The van der Waals surface area contributed by atoms with Crippen molar-refractivity contribution < 1.29 is 14.1 Å². The monoisotopic (exact) mass is 224 g/mol. The smallest absolute Gasteiger partial charge is 0.269 e. The number of amides is 1. The minimum absolute atomic E-state index is 0.157. The van der Waals surface area contributed by atoms with Crippen molar-refractivity contribution in [3.63, 3.8) is 0 Å². The van der Waals surface area contributed by atoms with Gasteiger partial charge in [-0.25, -0.2) is 4.39 Å². The summed E-state index contributed by atoms with van der Waals surface area (Å²) in [5.74, 6) is -0.976. The zero-order valence-corrected chi connectivity index (χ0v) is 8.27. The molecule has 1 aliphatic rings. The van der Waals surface area contributed by atoms with Gasteiger partial charge in [0.15, 0.2) is 0 Å². The number of nitrogens with one attached hydrogen (secondary N) is 1. The van der Waals surface area contributed by atoms with E-state index < -0.39 is 10.7 Å². The van der Waals surface area contributed by atoms with Crippen LogP contribution in [0.5, 0.6) is 0 Å². The third-order valence-corrected chi connectivity index (χ3v) is 2.61. The van der Waals surface area contributed by atoms with E-state index >= 15 is 0 Å². The first-order chi connectivity index (χ1) is 7.58. The Morgan fingerprint density at radius 3 is 2.81 bits per heavy atom. The van der Waals surface area contributed by atoms with Crippen LogP contribution < -0.4 is 5.32 Å². The third kappa shape index (κ3) is 1.86. The highest BCUT2D eigenvalue weighted by molar-refractivity contribution is 5.79. The molecule has 1 saturated heterocycles. The number of non-ortho nitro benzene ring substituents is 1. The van der Waals surface area contributed by atoms with Gasteiger partial charge in [-0.2, -0.15) is 0 Å². The van der Waals surface area contributed by atoms with Crippen LogP contribution in [-0.2, 0) is 4.79 Å². The van der Waals surface area contributed by atoms with Crippen molar-refractivity contribution in [1.29, 1.82) is 0 Å². The van der Waals surface area contributed by atoms with Gasteiger partial charge in [0.05, 0.1) is 4.92 Å². The van der Waals surface area contributed by atoms with Gasteiger partial charge in [-0.3, -0.25) is 14.9 Å². The fourth-order valence-electron chi connectivity index (χ4n) is 1.78. The molecule has 5 nitrogen and oxygen atoms in total. The molecule has 0 aromatic heterocycles. The predicted molar refractivity (Wildman–Crippen MR) is 53.4 cm³/mol. The molecule has 1 amide bonds. The molecule has 1 heterocycles. The molecule has 0 spiro atoms. The quantitative estimate of drug-likeness (QED) is 0.608. The number of nitro groups is 1. The molecule has 1 aromatic carbocycles. The lowest BCUT2D eigenvalue weighted by Crippen LogP contribution is -2.13. The van der Waals surface area contributed by atoms with Crippen LogP contribution in [0.2, 0.25) is 0 Å². The maximum Gasteiger partial charge on any atom is 0.269 e. The second-order valence-corrected chi connectivity index (χ2v) is 3.67. The molecule has 0 bridgehead atoms. The average Bonchev–Trinajstić information content (AvgIpc) is 2.65. The van der Waals surface area contributed by atoms with Gasteiger partial charge in [-0.1, -0.05) is 0 Å². The lowest BCUT2D eigenvalue weighted by molar-refractivity contribution is -0.385. The topological polar surface area (TPSA) is 72.2 Å². The van der Waals surface area contributed by atoms with E-state index in [0.717, 1.165) is 12.1 Å². The van der Waals surface area contributed by atoms with E-state index in [1.165, 1.54) is 6.07 Å². The van der Waals surface area contributed by atoms with Crippen molar-refractivity contribution in [2.45, 2.75) is 12.3 Å². The van der Waals surface area contributed by atoms with Gasteiger partial charge >= 0.3 is 0 Å². The number of carbonyl (C=O) groups excluding carboxylic acids is 1. The first-order valence-corrected chi connectivity index (χ1v) is 4.78. The maximum atomic E-state index is 13.5. The zero-order valence-electron chi connectivity index (χ0n) is 8.27. The Bertz CT molecular complexity index is 461. The van der Waals surface area contributed by atoms with Gasteiger partial charge < -0.3 is 5.32 Å². The number of hydrogen-bond donors (Lipinski definition) is 1. The summed E-state index contributed by atoms with van der Waals surface area (Å²) in [5.41, 5.74) is 0.0725. The SMILES string of the molecule is O=C1CC(c2cc([N+](=O)[O-])ccc2F)CN1. The fraction of sp³-hybridized carbons (Fsp3) is 0.300. The highest BCUT2D eigenvalue weighted by Gasteiger charge is 2.26. The average molecular weight is 224 g/mol. The number of nitrogens with zero attached hydrogens (tertiary/aromatic N) is 1. The van der Waals surface area contributed by atoms with Crippen LogP contribution in [-0.4, -0.2) is 17.4 Å². The second-order valence-electron chi connectivity index (χ2n) is 3.67. The zero-order chi connectivity index (χ0) is 11.7. The van der Waals surface area contributed by atoms with Crippen LogP contribution in [0.1, 0.15) is 17.9 Å². The van der Waals surface area contributed by atoms with Crippen molar-refractivity contribution in [1.82, 2.24) is 5.32 Å². The number of carbonyl (C=O) groups is 1. The number of nitro benzene ring substituents is 1. The molecule has 1 aromatic rings. The van der Waals surface area contributed by atoms with Crippen LogP contribution in [0.25, 0.3) is 0 Å². The minimum Gasteiger partial charge on any atom is -0.355 e. The molecule has 0 aliphatic carbocycles. The van der Waals surface area contributed by atoms with Crippen LogP contribution in [0.4, 0.5) is 10.1 Å². The Kier molecular flexibility index (Phi) is 2.55. The number of hydrogen-bond acceptors (Lipinski definition) is 3. The summed E-state index contributed by atoms with van der Waals surface area (Å²) < 4.78 is 13.5. The van der Waals surface area contributed by atoms with E-state index in [1.54, 1.807) is 0 Å². The van der Waals surface area contributed by atoms with Crippen LogP contribution in [0.15, 0.2) is 18.2 Å². The minimum atomic E-state index is -0.576. The molecule has 84 valence electrons. The van der Waals surface area contributed by atoms with Gasteiger partial charge in [-0.05, 0) is 11.6 Å². The molecular weight excluding hydrogens is 215 g/mol. The van der Waals surface area contributed by atoms with Gasteiger partial charge in [-0.15, -0.1) is 0 Å². The normalized spacial score (nSPS) is 19.6. The Morgan fingerprint density at radius 2 is 2.25 bits per heavy atom. The van der Waals surface area contributed by atoms with Gasteiger partial charge in [0.25, 0.3) is 5.69 Å². The van der Waals surface area contributed by atoms with E-state index in [0.29, 0.717) is 6.54 Å². The summed E-state index contributed by atoms with van der Waals surface area (Å²) in [6.07, 6.45) is 0.179. The molecule has 2 rings (SSSR count). The van der Waals surface area contributed by atoms with Crippen molar-refractivity contribution >= 4 is 11.6 Å². The molecule has 6 heteroatoms. The van der Waals surface area contributed by atoms with Crippen LogP contribution in [0.3, 0.4) is 0 Å². The van der Waals surface area contributed by atoms with Crippen LogP contribution >= 0.6 is 0 Å². The number of rotatable bonds is 2. The summed E-state index contributed by atoms with van der Waals surface area (Å²) in [6.45, 7) is 0.330. The summed E-state index contributed by atoms with van der Waals surface area (Å²) in [6, 6.07) is 3.37. The van der Waals surface area contributed by atoms with Crippen molar-refractivity contribution in [2.75, 3.05) is 6.54 Å². The summed E-state index contributed by atoms with van der Waals surface area (Å²) in [7, 11) is 0. The first-order valence-electron chi connectivity index (χ1n) is 4.78. The molecule has 0 radical (unpaired) electrons. The molecular formula is C10H9FN2O3. The molecule has 1 aliphatic heterocycles. The molecule has 1 N–H and O–H groups in total. The molecule has 1 fully saturated rings.